The van der Waals surface area contributed by atoms with Gasteiger partial charge >= 0.3 is 5.97 Å². The minimum absolute atomic E-state index is 0.0520. The molecule has 2 fully saturated rings. The number of carbonyl (C=O) groups excluding carboxylic acids is 1. The van der Waals surface area contributed by atoms with Crippen molar-refractivity contribution in [3.05, 3.63) is 29.3 Å². The third kappa shape index (κ3) is 3.99. The highest BCUT2D eigenvalue weighted by Gasteiger charge is 2.39. The van der Waals surface area contributed by atoms with Gasteiger partial charge in [-0.05, 0) is 61.6 Å². The van der Waals surface area contributed by atoms with Gasteiger partial charge in [-0.1, -0.05) is 6.07 Å². The van der Waals surface area contributed by atoms with Crippen molar-refractivity contribution in [1.29, 1.82) is 0 Å². The molecule has 6 heteroatoms. The van der Waals surface area contributed by atoms with E-state index in [-0.39, 0.29) is 35.8 Å². The maximum absolute atomic E-state index is 12.5. The number of amides is 1. The molecule has 2 N–H and O–H groups in total. The molecule has 2 heterocycles. The zero-order valence-corrected chi connectivity index (χ0v) is 15.4. The van der Waals surface area contributed by atoms with Crippen molar-refractivity contribution < 1.29 is 19.8 Å². The van der Waals surface area contributed by atoms with Crippen molar-refractivity contribution in [2.24, 2.45) is 22.7 Å². The van der Waals surface area contributed by atoms with Crippen molar-refractivity contribution >= 4 is 17.6 Å². The van der Waals surface area contributed by atoms with Gasteiger partial charge in [-0.25, -0.2) is 0 Å². The molecule has 1 saturated carbocycles. The van der Waals surface area contributed by atoms with Crippen LogP contribution in [0.4, 0.5) is 0 Å². The van der Waals surface area contributed by atoms with Crippen LogP contribution >= 0.6 is 0 Å². The number of carboxylic acid groups (broad SMARTS) is 1. The standard InChI is InChI=1S/C21H26N2O4/c24-17-4-3-13-5-7-22-19(18(13)11-17)9-16-12-23(21(27)14-1-2-14)8-6-15(16)10-20(25)26/h3-4,11,14-16,24H,1-2,5-10,12H2,(H,25,26)/t15-,16-/m0/s1. The molecule has 27 heavy (non-hydrogen) atoms. The van der Waals surface area contributed by atoms with E-state index in [0.29, 0.717) is 26.1 Å². The molecular formula is C21H26N2O4. The molecule has 6 nitrogen and oxygen atoms in total. The number of rotatable bonds is 5. The lowest BCUT2D eigenvalue weighted by Crippen LogP contribution is -2.45. The van der Waals surface area contributed by atoms with E-state index in [0.717, 1.165) is 37.0 Å². The lowest BCUT2D eigenvalue weighted by molar-refractivity contribution is -0.140. The minimum atomic E-state index is -0.782. The van der Waals surface area contributed by atoms with Crippen molar-refractivity contribution in [3.8, 4) is 5.75 Å². The summed E-state index contributed by atoms with van der Waals surface area (Å²) in [6, 6.07) is 5.40. The second kappa shape index (κ2) is 7.33. The average molecular weight is 370 g/mol. The normalized spacial score (nSPS) is 24.9. The third-order valence-corrected chi connectivity index (χ3v) is 6.11. The lowest BCUT2D eigenvalue weighted by Gasteiger charge is -2.39. The van der Waals surface area contributed by atoms with E-state index in [2.05, 4.69) is 0 Å². The number of piperidine rings is 1. The minimum Gasteiger partial charge on any atom is -0.508 e. The number of phenolic OH excluding ortho intramolecular Hbond substituents is 1. The first-order valence-electron chi connectivity index (χ1n) is 9.87. The Morgan fingerprint density at radius 1 is 1.19 bits per heavy atom. The Morgan fingerprint density at radius 3 is 2.74 bits per heavy atom. The highest BCUT2D eigenvalue weighted by molar-refractivity contribution is 6.03. The highest BCUT2D eigenvalue weighted by atomic mass is 16.4. The van der Waals surface area contributed by atoms with E-state index in [1.807, 2.05) is 11.0 Å². The molecule has 3 aliphatic rings. The topological polar surface area (TPSA) is 90.2 Å². The number of aliphatic carboxylic acids is 1. The first kappa shape index (κ1) is 18.0. The number of nitrogens with zero attached hydrogens (tertiary/aromatic N) is 2. The fourth-order valence-corrected chi connectivity index (χ4v) is 4.46. The molecule has 1 amide bonds. The molecule has 1 saturated heterocycles. The summed E-state index contributed by atoms with van der Waals surface area (Å²) >= 11 is 0. The number of benzene rings is 1. The summed E-state index contributed by atoms with van der Waals surface area (Å²) in [7, 11) is 0. The van der Waals surface area contributed by atoms with Crippen LogP contribution in [0.3, 0.4) is 0 Å². The maximum atomic E-state index is 12.5. The van der Waals surface area contributed by atoms with Crippen LogP contribution in [-0.2, 0) is 16.0 Å². The molecule has 4 rings (SSSR count). The Labute approximate surface area is 158 Å². The van der Waals surface area contributed by atoms with Gasteiger partial charge in [0, 0.05) is 43.2 Å². The second-order valence-corrected chi connectivity index (χ2v) is 8.09. The molecule has 2 aliphatic heterocycles. The van der Waals surface area contributed by atoms with Crippen LogP contribution in [0, 0.1) is 17.8 Å². The number of fused-ring (bicyclic) bond motifs is 1. The van der Waals surface area contributed by atoms with Crippen molar-refractivity contribution in [1.82, 2.24) is 4.90 Å². The van der Waals surface area contributed by atoms with Crippen LogP contribution < -0.4 is 0 Å². The van der Waals surface area contributed by atoms with Crippen molar-refractivity contribution in [2.75, 3.05) is 19.6 Å². The van der Waals surface area contributed by atoms with E-state index < -0.39 is 5.97 Å². The maximum Gasteiger partial charge on any atom is 0.303 e. The van der Waals surface area contributed by atoms with Crippen LogP contribution in [0.25, 0.3) is 0 Å². The third-order valence-electron chi connectivity index (χ3n) is 6.11. The van der Waals surface area contributed by atoms with Gasteiger partial charge in [0.15, 0.2) is 0 Å². The molecule has 1 aliphatic carbocycles. The SMILES string of the molecule is O=C(O)C[C@@H]1CCN(C(=O)C2CC2)C[C@@H]1CC1=NCCc2ccc(O)cc21. The van der Waals surface area contributed by atoms with Gasteiger partial charge in [-0.15, -0.1) is 0 Å². The Bertz CT molecular complexity index is 784. The van der Waals surface area contributed by atoms with Crippen LogP contribution in [0.5, 0.6) is 5.75 Å². The smallest absolute Gasteiger partial charge is 0.303 e. The number of aliphatic imine (C=N–C) groups is 1. The predicted octanol–water partition coefficient (Wildman–Crippen LogP) is 2.48. The highest BCUT2D eigenvalue weighted by Crippen LogP contribution is 2.36. The molecule has 2 atom stereocenters. The van der Waals surface area contributed by atoms with Gasteiger partial charge in [0.1, 0.15) is 5.75 Å². The number of hydrogen-bond donors (Lipinski definition) is 2. The van der Waals surface area contributed by atoms with E-state index in [4.69, 9.17) is 4.99 Å². The van der Waals surface area contributed by atoms with Crippen molar-refractivity contribution in [3.63, 3.8) is 0 Å². The zero-order valence-electron chi connectivity index (χ0n) is 15.4. The van der Waals surface area contributed by atoms with E-state index in [1.165, 1.54) is 5.56 Å². The van der Waals surface area contributed by atoms with Gasteiger partial charge in [-0.2, -0.15) is 0 Å². The largest absolute Gasteiger partial charge is 0.508 e. The monoisotopic (exact) mass is 370 g/mol. The van der Waals surface area contributed by atoms with Crippen LogP contribution in [0.1, 0.15) is 43.2 Å². The molecular weight excluding hydrogens is 344 g/mol. The summed E-state index contributed by atoms with van der Waals surface area (Å²) in [5, 5.41) is 19.2. The van der Waals surface area contributed by atoms with Crippen LogP contribution in [0.2, 0.25) is 0 Å². The molecule has 0 bridgehead atoms. The summed E-state index contributed by atoms with van der Waals surface area (Å²) in [5.41, 5.74) is 3.09. The Kier molecular flexibility index (Phi) is 4.89. The average Bonchev–Trinajstić information content (AvgIpc) is 3.48. The van der Waals surface area contributed by atoms with E-state index in [1.54, 1.807) is 12.1 Å². The Morgan fingerprint density at radius 2 is 2.00 bits per heavy atom. The summed E-state index contributed by atoms with van der Waals surface area (Å²) in [6.07, 6.45) is 4.35. The molecule has 0 spiro atoms. The molecule has 0 unspecified atom stereocenters. The van der Waals surface area contributed by atoms with Gasteiger partial charge in [0.05, 0.1) is 0 Å². The fraction of sp³-hybridized carbons (Fsp3) is 0.571. The van der Waals surface area contributed by atoms with Gasteiger partial charge in [-0.3, -0.25) is 14.6 Å². The Balaban J connectivity index is 1.54. The van der Waals surface area contributed by atoms with Crippen LogP contribution in [0.15, 0.2) is 23.2 Å². The van der Waals surface area contributed by atoms with Gasteiger partial charge in [0.25, 0.3) is 0 Å². The Hall–Kier alpha value is -2.37. The van der Waals surface area contributed by atoms with Gasteiger partial charge < -0.3 is 15.1 Å². The summed E-state index contributed by atoms with van der Waals surface area (Å²) < 4.78 is 0. The molecule has 1 aromatic rings. The van der Waals surface area contributed by atoms with Crippen LogP contribution in [-0.4, -0.2) is 52.3 Å². The van der Waals surface area contributed by atoms with E-state index in [9.17, 15) is 19.8 Å². The van der Waals surface area contributed by atoms with Crippen molar-refractivity contribution in [2.45, 2.75) is 38.5 Å². The summed E-state index contributed by atoms with van der Waals surface area (Å²) in [5.74, 6) is -0.000256. The molecule has 0 aromatic heterocycles. The number of phenols is 1. The molecule has 0 radical (unpaired) electrons. The summed E-state index contributed by atoms with van der Waals surface area (Å²) in [6.45, 7) is 1.99. The number of hydrogen-bond acceptors (Lipinski definition) is 4. The number of likely N-dealkylation sites (tertiary alicyclic amines) is 1. The first-order valence-corrected chi connectivity index (χ1v) is 9.87. The second-order valence-electron chi connectivity index (χ2n) is 8.09. The lowest BCUT2D eigenvalue weighted by atomic mass is 9.78. The number of carbonyl (C=O) groups is 2. The molecule has 1 aromatic carbocycles. The van der Waals surface area contributed by atoms with E-state index >= 15 is 0 Å². The van der Waals surface area contributed by atoms with Gasteiger partial charge in [0.2, 0.25) is 5.91 Å². The number of aromatic hydroxyl groups is 1. The zero-order chi connectivity index (χ0) is 19.0. The fourth-order valence-electron chi connectivity index (χ4n) is 4.46. The first-order chi connectivity index (χ1) is 13.0. The predicted molar refractivity (Wildman–Crippen MR) is 101 cm³/mol. The summed E-state index contributed by atoms with van der Waals surface area (Å²) in [4.78, 5) is 30.5. The molecule has 144 valence electrons. The quantitative estimate of drug-likeness (QED) is 0.833. The number of carboxylic acids is 1.